The number of amides is 1. The lowest BCUT2D eigenvalue weighted by Gasteiger charge is -2.05. The van der Waals surface area contributed by atoms with Gasteiger partial charge in [-0.15, -0.1) is 0 Å². The average Bonchev–Trinajstić information content (AvgIpc) is 3.28. The van der Waals surface area contributed by atoms with E-state index in [1.165, 1.54) is 18.4 Å². The van der Waals surface area contributed by atoms with Crippen molar-refractivity contribution in [2.24, 2.45) is 17.8 Å². The molecule has 0 bridgehead atoms. The molecule has 2 atom stereocenters. The Balaban J connectivity index is 1.47. The summed E-state index contributed by atoms with van der Waals surface area (Å²) in [6.45, 7) is 0.749. The zero-order chi connectivity index (χ0) is 16.6. The Hall–Kier alpha value is -1.83. The van der Waals surface area contributed by atoms with Gasteiger partial charge in [-0.25, -0.2) is 0 Å². The zero-order valence-electron chi connectivity index (χ0n) is 14.5. The van der Waals surface area contributed by atoms with Crippen molar-refractivity contribution < 1.29 is 4.79 Å². The van der Waals surface area contributed by atoms with E-state index in [1.807, 2.05) is 6.07 Å². The molecule has 0 aliphatic heterocycles. The van der Waals surface area contributed by atoms with E-state index in [0.717, 1.165) is 38.6 Å². The van der Waals surface area contributed by atoms with Crippen LogP contribution in [-0.4, -0.2) is 12.5 Å². The topological polar surface area (TPSA) is 29.1 Å². The van der Waals surface area contributed by atoms with Crippen LogP contribution in [0.3, 0.4) is 0 Å². The third-order valence-electron chi connectivity index (χ3n) is 5.36. The third-order valence-corrected chi connectivity index (χ3v) is 5.36. The molecule has 0 aromatic heterocycles. The maximum absolute atomic E-state index is 12.5. The number of benzene rings is 1. The molecular formula is C22H29NO. The maximum Gasteiger partial charge on any atom is 0.223 e. The van der Waals surface area contributed by atoms with Gasteiger partial charge in [0.25, 0.3) is 0 Å². The van der Waals surface area contributed by atoms with Crippen molar-refractivity contribution >= 4 is 5.91 Å². The zero-order valence-corrected chi connectivity index (χ0v) is 14.5. The first-order chi connectivity index (χ1) is 11.9. The standard InChI is InChI=1S/C22H29NO/c24-22(23-17-16-18-12-8-7-9-13-18)21-19-14-10-5-3-1-2-4-6-11-15-20(19)21/h3-9,12-13,19-21H,1-2,10-11,14-17H2,(H,23,24)/b5-3-,6-4-/t19-,20-/m0/s1. The molecule has 1 aromatic carbocycles. The van der Waals surface area contributed by atoms with Crippen molar-refractivity contribution in [3.05, 3.63) is 60.2 Å². The summed E-state index contributed by atoms with van der Waals surface area (Å²) < 4.78 is 0. The van der Waals surface area contributed by atoms with Crippen LogP contribution in [0.5, 0.6) is 0 Å². The highest BCUT2D eigenvalue weighted by Gasteiger charge is 2.52. The van der Waals surface area contributed by atoms with Crippen LogP contribution in [0.2, 0.25) is 0 Å². The Morgan fingerprint density at radius 1 is 0.875 bits per heavy atom. The highest BCUT2D eigenvalue weighted by Crippen LogP contribution is 2.52. The largest absolute Gasteiger partial charge is 0.356 e. The lowest BCUT2D eigenvalue weighted by Crippen LogP contribution is -2.28. The Labute approximate surface area is 146 Å². The minimum atomic E-state index is 0.253. The van der Waals surface area contributed by atoms with Gasteiger partial charge >= 0.3 is 0 Å². The van der Waals surface area contributed by atoms with Gasteiger partial charge < -0.3 is 5.32 Å². The Kier molecular flexibility index (Phi) is 6.28. The van der Waals surface area contributed by atoms with Gasteiger partial charge in [-0.3, -0.25) is 4.79 Å². The minimum absolute atomic E-state index is 0.253. The Morgan fingerprint density at radius 2 is 1.46 bits per heavy atom. The van der Waals surface area contributed by atoms with Crippen molar-refractivity contribution in [1.82, 2.24) is 5.32 Å². The highest BCUT2D eigenvalue weighted by atomic mass is 16.2. The maximum atomic E-state index is 12.5. The molecule has 0 saturated heterocycles. The van der Waals surface area contributed by atoms with Crippen LogP contribution in [0.25, 0.3) is 0 Å². The van der Waals surface area contributed by atoms with Crippen molar-refractivity contribution in [3.63, 3.8) is 0 Å². The molecule has 1 saturated carbocycles. The lowest BCUT2D eigenvalue weighted by molar-refractivity contribution is -0.122. The van der Waals surface area contributed by atoms with Gasteiger partial charge in [0.1, 0.15) is 0 Å². The van der Waals surface area contributed by atoms with E-state index in [1.54, 1.807) is 0 Å². The first-order valence-corrected chi connectivity index (χ1v) is 9.48. The summed E-state index contributed by atoms with van der Waals surface area (Å²) in [5.41, 5.74) is 1.29. The Morgan fingerprint density at radius 3 is 2.08 bits per heavy atom. The fourth-order valence-electron chi connectivity index (χ4n) is 3.95. The second-order valence-corrected chi connectivity index (χ2v) is 7.05. The van der Waals surface area contributed by atoms with Gasteiger partial charge in [-0.05, 0) is 62.3 Å². The second-order valence-electron chi connectivity index (χ2n) is 7.05. The van der Waals surface area contributed by atoms with Crippen LogP contribution >= 0.6 is 0 Å². The molecule has 2 aliphatic carbocycles. The predicted molar refractivity (Wildman–Crippen MR) is 99.6 cm³/mol. The van der Waals surface area contributed by atoms with Crippen molar-refractivity contribution in [3.8, 4) is 0 Å². The van der Waals surface area contributed by atoms with Crippen LogP contribution in [0.4, 0.5) is 0 Å². The summed E-state index contributed by atoms with van der Waals surface area (Å²) in [7, 11) is 0. The summed E-state index contributed by atoms with van der Waals surface area (Å²) in [5, 5.41) is 3.17. The molecule has 1 N–H and O–H groups in total. The first kappa shape index (κ1) is 17.0. The molecule has 24 heavy (non-hydrogen) atoms. The van der Waals surface area contributed by atoms with Crippen LogP contribution in [-0.2, 0) is 11.2 Å². The molecule has 2 nitrogen and oxygen atoms in total. The van der Waals surface area contributed by atoms with Crippen LogP contribution in [0, 0.1) is 17.8 Å². The van der Waals surface area contributed by atoms with E-state index in [-0.39, 0.29) is 11.8 Å². The molecule has 0 spiro atoms. The summed E-state index contributed by atoms with van der Waals surface area (Å²) >= 11 is 0. The first-order valence-electron chi connectivity index (χ1n) is 9.48. The van der Waals surface area contributed by atoms with Gasteiger partial charge in [0.2, 0.25) is 5.91 Å². The highest BCUT2D eigenvalue weighted by molar-refractivity contribution is 5.82. The fourth-order valence-corrected chi connectivity index (χ4v) is 3.95. The quantitative estimate of drug-likeness (QED) is 0.801. The summed E-state index contributed by atoms with van der Waals surface area (Å²) in [6, 6.07) is 10.4. The van der Waals surface area contributed by atoms with E-state index in [0.29, 0.717) is 11.8 Å². The van der Waals surface area contributed by atoms with Gasteiger partial charge in [0, 0.05) is 12.5 Å². The number of rotatable bonds is 4. The monoisotopic (exact) mass is 323 g/mol. The van der Waals surface area contributed by atoms with Gasteiger partial charge in [0.05, 0.1) is 0 Å². The lowest BCUT2D eigenvalue weighted by atomic mass is 10.1. The number of nitrogens with one attached hydrogen (secondary N) is 1. The molecule has 0 radical (unpaired) electrons. The van der Waals surface area contributed by atoms with Crippen LogP contribution < -0.4 is 5.32 Å². The Bertz CT molecular complexity index is 551. The van der Waals surface area contributed by atoms with E-state index in [9.17, 15) is 4.79 Å². The molecule has 128 valence electrons. The number of fused-ring (bicyclic) bond motifs is 1. The van der Waals surface area contributed by atoms with E-state index in [2.05, 4.69) is 53.9 Å². The minimum Gasteiger partial charge on any atom is -0.356 e. The summed E-state index contributed by atoms with van der Waals surface area (Å²) in [5.74, 6) is 1.73. The molecule has 2 aliphatic rings. The average molecular weight is 323 g/mol. The van der Waals surface area contributed by atoms with Crippen LogP contribution in [0.1, 0.15) is 44.1 Å². The van der Waals surface area contributed by atoms with E-state index < -0.39 is 0 Å². The number of carbonyl (C=O) groups is 1. The van der Waals surface area contributed by atoms with Crippen molar-refractivity contribution in [2.75, 3.05) is 6.54 Å². The van der Waals surface area contributed by atoms with Crippen LogP contribution in [0.15, 0.2) is 54.6 Å². The third kappa shape index (κ3) is 4.83. The normalized spacial score (nSPS) is 29.4. The molecular weight excluding hydrogens is 294 g/mol. The van der Waals surface area contributed by atoms with Crippen molar-refractivity contribution in [1.29, 1.82) is 0 Å². The van der Waals surface area contributed by atoms with Gasteiger partial charge in [-0.1, -0.05) is 54.6 Å². The van der Waals surface area contributed by atoms with Gasteiger partial charge in [-0.2, -0.15) is 0 Å². The molecule has 3 rings (SSSR count). The molecule has 2 heteroatoms. The summed E-state index contributed by atoms with van der Waals surface area (Å²) in [6.07, 6.45) is 17.0. The van der Waals surface area contributed by atoms with E-state index >= 15 is 0 Å². The number of hydrogen-bond acceptors (Lipinski definition) is 1. The summed E-state index contributed by atoms with van der Waals surface area (Å²) in [4.78, 5) is 12.5. The molecule has 1 aromatic rings. The number of carbonyl (C=O) groups excluding carboxylic acids is 1. The molecule has 0 heterocycles. The second kappa shape index (κ2) is 8.86. The molecule has 1 amide bonds. The predicted octanol–water partition coefficient (Wildman–Crippen LogP) is 4.67. The molecule has 1 fully saturated rings. The number of allylic oxidation sites excluding steroid dienone is 4. The molecule has 0 unspecified atom stereocenters. The van der Waals surface area contributed by atoms with Crippen molar-refractivity contribution in [2.45, 2.75) is 44.9 Å². The smallest absolute Gasteiger partial charge is 0.223 e. The van der Waals surface area contributed by atoms with E-state index in [4.69, 9.17) is 0 Å². The SMILES string of the molecule is O=C(NCCc1ccccc1)C1[C@H]2CC/C=C\CC/C=C\CC[C@H]12. The van der Waals surface area contributed by atoms with Gasteiger partial charge in [0.15, 0.2) is 0 Å². The number of hydrogen-bond donors (Lipinski definition) is 1. The fraction of sp³-hybridized carbons (Fsp3) is 0.500.